The van der Waals surface area contributed by atoms with Crippen molar-refractivity contribution in [2.45, 2.75) is 11.8 Å². The number of nitrogens with one attached hydrogen (secondary N) is 2. The van der Waals surface area contributed by atoms with Crippen molar-refractivity contribution in [3.05, 3.63) is 54.5 Å². The van der Waals surface area contributed by atoms with Gasteiger partial charge in [-0.15, -0.1) is 0 Å². The molecule has 3 rings (SSSR count). The highest BCUT2D eigenvalue weighted by Crippen LogP contribution is 2.37. The fourth-order valence-corrected chi connectivity index (χ4v) is 2.07. The van der Waals surface area contributed by atoms with Crippen LogP contribution >= 0.6 is 0 Å². The number of halogens is 3. The Hall–Kier alpha value is -2.97. The molecule has 1 atom stereocenters. The zero-order chi connectivity index (χ0) is 16.5. The van der Waals surface area contributed by atoms with Crippen LogP contribution in [0, 0.1) is 0 Å². The number of hydrogen-bond donors (Lipinski definition) is 2. The topological polar surface area (TPSA) is 79.3 Å². The summed E-state index contributed by atoms with van der Waals surface area (Å²) >= 11 is 0. The molecular formula is C14H10F3N5O. The van der Waals surface area contributed by atoms with E-state index in [1.54, 1.807) is 30.3 Å². The Morgan fingerprint density at radius 1 is 1.13 bits per heavy atom. The van der Waals surface area contributed by atoms with E-state index in [0.29, 0.717) is 5.56 Å². The van der Waals surface area contributed by atoms with Crippen LogP contribution in [0.2, 0.25) is 0 Å². The number of amidine groups is 1. The SMILES string of the molecule is O=C1NC(c2ccccc2)=NC1(Nc1cnccn1)C(F)(F)F. The van der Waals surface area contributed by atoms with E-state index < -0.39 is 17.7 Å². The van der Waals surface area contributed by atoms with Crippen molar-refractivity contribution in [1.29, 1.82) is 0 Å². The third kappa shape index (κ3) is 2.60. The lowest BCUT2D eigenvalue weighted by Crippen LogP contribution is -2.57. The Kier molecular flexibility index (Phi) is 3.47. The second-order valence-corrected chi connectivity index (χ2v) is 4.70. The molecule has 2 N–H and O–H groups in total. The maximum absolute atomic E-state index is 13.6. The van der Waals surface area contributed by atoms with Crippen molar-refractivity contribution in [3.63, 3.8) is 0 Å². The van der Waals surface area contributed by atoms with Crippen LogP contribution in [0.4, 0.5) is 19.0 Å². The predicted molar refractivity (Wildman–Crippen MR) is 75.6 cm³/mol. The monoisotopic (exact) mass is 321 g/mol. The molecule has 9 heteroatoms. The predicted octanol–water partition coefficient (Wildman–Crippen LogP) is 1.72. The Balaban J connectivity index is 2.06. The van der Waals surface area contributed by atoms with Gasteiger partial charge in [-0.25, -0.2) is 9.98 Å². The summed E-state index contributed by atoms with van der Waals surface area (Å²) in [7, 11) is 0. The van der Waals surface area contributed by atoms with Gasteiger partial charge in [0.15, 0.2) is 0 Å². The first kappa shape index (κ1) is 14.9. The lowest BCUT2D eigenvalue weighted by atomic mass is 10.1. The van der Waals surface area contributed by atoms with Crippen LogP contribution in [-0.2, 0) is 4.79 Å². The number of benzene rings is 1. The Labute approximate surface area is 128 Å². The lowest BCUT2D eigenvalue weighted by Gasteiger charge is -2.27. The number of anilines is 1. The third-order valence-corrected chi connectivity index (χ3v) is 3.17. The van der Waals surface area contributed by atoms with E-state index in [1.165, 1.54) is 12.4 Å². The molecule has 0 spiro atoms. The molecule has 0 saturated heterocycles. The van der Waals surface area contributed by atoms with Gasteiger partial charge in [0.05, 0.1) is 6.20 Å². The summed E-state index contributed by atoms with van der Waals surface area (Å²) in [6.45, 7) is 0. The lowest BCUT2D eigenvalue weighted by molar-refractivity contribution is -0.181. The van der Waals surface area contributed by atoms with Crippen molar-refractivity contribution >= 4 is 17.6 Å². The van der Waals surface area contributed by atoms with Gasteiger partial charge in [-0.1, -0.05) is 30.3 Å². The van der Waals surface area contributed by atoms with Crippen molar-refractivity contribution in [1.82, 2.24) is 15.3 Å². The number of hydrogen-bond acceptors (Lipinski definition) is 5. The smallest absolute Gasteiger partial charge is 0.329 e. The second kappa shape index (κ2) is 5.34. The number of nitrogens with zero attached hydrogens (tertiary/aromatic N) is 3. The second-order valence-electron chi connectivity index (χ2n) is 4.70. The third-order valence-electron chi connectivity index (χ3n) is 3.17. The van der Waals surface area contributed by atoms with Crippen LogP contribution in [0.15, 0.2) is 53.9 Å². The summed E-state index contributed by atoms with van der Waals surface area (Å²) in [5.74, 6) is -1.70. The summed E-state index contributed by atoms with van der Waals surface area (Å²) < 4.78 is 40.7. The number of aliphatic imine (C=N–C) groups is 1. The van der Waals surface area contributed by atoms with Gasteiger partial charge in [-0.2, -0.15) is 13.2 Å². The number of carbonyl (C=O) groups is 1. The molecule has 0 bridgehead atoms. The van der Waals surface area contributed by atoms with Crippen LogP contribution in [-0.4, -0.2) is 33.5 Å². The first-order chi connectivity index (χ1) is 10.9. The average Bonchev–Trinajstić information content (AvgIpc) is 2.87. The van der Waals surface area contributed by atoms with Crippen LogP contribution < -0.4 is 10.6 Å². The zero-order valence-corrected chi connectivity index (χ0v) is 11.5. The molecule has 1 aromatic heterocycles. The summed E-state index contributed by atoms with van der Waals surface area (Å²) in [6.07, 6.45) is -1.37. The van der Waals surface area contributed by atoms with Crippen LogP contribution in [0.3, 0.4) is 0 Å². The van der Waals surface area contributed by atoms with Gasteiger partial charge in [0, 0.05) is 18.0 Å². The van der Waals surface area contributed by atoms with Gasteiger partial charge >= 0.3 is 11.8 Å². The van der Waals surface area contributed by atoms with E-state index in [1.807, 2.05) is 5.32 Å². The Bertz CT molecular complexity index is 748. The molecule has 1 unspecified atom stereocenters. The standard InChI is InChI=1S/C14H10F3N5O/c15-14(16,17)13(21-10-8-18-6-7-19-10)12(23)20-11(22-13)9-4-2-1-3-5-9/h1-8H,(H,19,21)(H,20,22,23). The molecule has 2 heterocycles. The summed E-state index contributed by atoms with van der Waals surface area (Å²) in [4.78, 5) is 23.0. The molecule has 1 aromatic carbocycles. The Morgan fingerprint density at radius 3 is 2.48 bits per heavy atom. The van der Waals surface area contributed by atoms with Crippen LogP contribution in [0.5, 0.6) is 0 Å². The Morgan fingerprint density at radius 2 is 1.87 bits per heavy atom. The number of alkyl halides is 3. The number of amides is 1. The first-order valence-corrected chi connectivity index (χ1v) is 6.50. The van der Waals surface area contributed by atoms with Crippen molar-refractivity contribution in [2.75, 3.05) is 5.32 Å². The summed E-state index contributed by atoms with van der Waals surface area (Å²) in [5, 5.41) is 4.21. The fraction of sp³-hybridized carbons (Fsp3) is 0.143. The van der Waals surface area contributed by atoms with E-state index in [2.05, 4.69) is 20.3 Å². The molecule has 118 valence electrons. The molecule has 0 radical (unpaired) electrons. The fourth-order valence-electron chi connectivity index (χ4n) is 2.07. The van der Waals surface area contributed by atoms with Crippen LogP contribution in [0.1, 0.15) is 5.56 Å². The highest BCUT2D eigenvalue weighted by atomic mass is 19.4. The van der Waals surface area contributed by atoms with Crippen LogP contribution in [0.25, 0.3) is 0 Å². The first-order valence-electron chi connectivity index (χ1n) is 6.50. The minimum atomic E-state index is -4.97. The molecule has 0 aliphatic carbocycles. The van der Waals surface area contributed by atoms with Crippen molar-refractivity contribution in [2.24, 2.45) is 4.99 Å². The van der Waals surface area contributed by atoms with E-state index in [-0.39, 0.29) is 11.7 Å². The van der Waals surface area contributed by atoms with E-state index in [0.717, 1.165) is 6.20 Å². The minimum Gasteiger partial charge on any atom is -0.329 e. The van der Waals surface area contributed by atoms with Gasteiger partial charge < -0.3 is 10.6 Å². The van der Waals surface area contributed by atoms with Gasteiger partial charge in [0.1, 0.15) is 11.7 Å². The maximum atomic E-state index is 13.6. The van der Waals surface area contributed by atoms with E-state index >= 15 is 0 Å². The van der Waals surface area contributed by atoms with E-state index in [9.17, 15) is 18.0 Å². The van der Waals surface area contributed by atoms with Crippen molar-refractivity contribution < 1.29 is 18.0 Å². The van der Waals surface area contributed by atoms with E-state index in [4.69, 9.17) is 0 Å². The summed E-state index contributed by atoms with van der Waals surface area (Å²) in [5.41, 5.74) is -2.78. The number of aromatic nitrogens is 2. The molecule has 2 aromatic rings. The molecular weight excluding hydrogens is 311 g/mol. The normalized spacial score (nSPS) is 20.8. The largest absolute Gasteiger partial charge is 0.442 e. The zero-order valence-electron chi connectivity index (χ0n) is 11.5. The highest BCUT2D eigenvalue weighted by molar-refractivity contribution is 6.16. The molecule has 0 fully saturated rings. The highest BCUT2D eigenvalue weighted by Gasteiger charge is 2.64. The van der Waals surface area contributed by atoms with Gasteiger partial charge in [0.2, 0.25) is 0 Å². The van der Waals surface area contributed by atoms with Gasteiger partial charge in [-0.05, 0) is 0 Å². The molecule has 1 aliphatic rings. The van der Waals surface area contributed by atoms with Crippen molar-refractivity contribution in [3.8, 4) is 0 Å². The summed E-state index contributed by atoms with van der Waals surface area (Å²) in [6, 6.07) is 8.07. The molecule has 1 amide bonds. The minimum absolute atomic E-state index is 0.163. The molecule has 0 saturated carbocycles. The van der Waals surface area contributed by atoms with Gasteiger partial charge in [0.25, 0.3) is 5.91 Å². The average molecular weight is 321 g/mol. The number of carbonyl (C=O) groups excluding carboxylic acids is 1. The maximum Gasteiger partial charge on any atom is 0.442 e. The van der Waals surface area contributed by atoms with Gasteiger partial charge in [-0.3, -0.25) is 9.78 Å². The molecule has 23 heavy (non-hydrogen) atoms. The molecule has 6 nitrogen and oxygen atoms in total. The molecule has 1 aliphatic heterocycles. The number of rotatable bonds is 3. The quantitative estimate of drug-likeness (QED) is 0.902.